The first-order chi connectivity index (χ1) is 11.1. The highest BCUT2D eigenvalue weighted by Gasteiger charge is 2.22. The summed E-state index contributed by atoms with van der Waals surface area (Å²) >= 11 is 5.95. The van der Waals surface area contributed by atoms with E-state index in [1.807, 2.05) is 0 Å². The monoisotopic (exact) mass is 332 g/mol. The molecular weight excluding hydrogens is 316 g/mol. The van der Waals surface area contributed by atoms with Crippen molar-refractivity contribution < 1.29 is 4.79 Å². The minimum atomic E-state index is -0.345. The van der Waals surface area contributed by atoms with Gasteiger partial charge in [0.15, 0.2) is 0 Å². The predicted molar refractivity (Wildman–Crippen MR) is 89.0 cm³/mol. The zero-order valence-electron chi connectivity index (χ0n) is 12.4. The third-order valence-corrected chi connectivity index (χ3v) is 3.90. The first kappa shape index (κ1) is 15.5. The minimum Gasteiger partial charge on any atom is -0.368 e. The molecule has 1 saturated heterocycles. The Morgan fingerprint density at radius 2 is 2.22 bits per heavy atom. The number of aromatic nitrogens is 3. The van der Waals surface area contributed by atoms with Crippen molar-refractivity contribution in [2.45, 2.75) is 25.3 Å². The fourth-order valence-corrected chi connectivity index (χ4v) is 2.70. The van der Waals surface area contributed by atoms with Gasteiger partial charge in [0.05, 0.1) is 0 Å². The van der Waals surface area contributed by atoms with Crippen molar-refractivity contribution in [1.82, 2.24) is 20.3 Å². The molecule has 1 amide bonds. The predicted octanol–water partition coefficient (Wildman–Crippen LogP) is 1.85. The molecule has 3 rings (SSSR count). The van der Waals surface area contributed by atoms with Crippen LogP contribution in [-0.4, -0.2) is 33.4 Å². The highest BCUT2D eigenvalue weighted by Crippen LogP contribution is 2.28. The number of hydrogen-bond donors (Lipinski definition) is 3. The molecule has 1 aliphatic heterocycles. The van der Waals surface area contributed by atoms with Crippen molar-refractivity contribution in [1.29, 1.82) is 0 Å². The van der Waals surface area contributed by atoms with Crippen LogP contribution >= 0.6 is 11.6 Å². The number of nitrogen functional groups attached to an aromatic ring is 1. The number of halogens is 1. The van der Waals surface area contributed by atoms with Crippen molar-refractivity contribution in [3.05, 3.63) is 29.7 Å². The molecule has 0 radical (unpaired) electrons. The number of carbonyl (C=O) groups is 1. The number of carbonyl (C=O) groups excluding carboxylic acids is 1. The molecule has 1 atom stereocenters. The number of anilines is 2. The van der Waals surface area contributed by atoms with Gasteiger partial charge in [0.2, 0.25) is 11.9 Å². The lowest BCUT2D eigenvalue weighted by Crippen LogP contribution is -2.38. The number of nitrogens with two attached hydrogens (primary N) is 1. The van der Waals surface area contributed by atoms with E-state index >= 15 is 0 Å². The quantitative estimate of drug-likeness (QED) is 0.741. The SMILES string of the molecule is Nc1ncc(-c2ccnc(Cl)c2)c(NC2CCCCNC2=O)n1. The average molecular weight is 333 g/mol. The molecule has 0 aromatic carbocycles. The molecule has 3 heterocycles. The van der Waals surface area contributed by atoms with Crippen molar-refractivity contribution in [3.63, 3.8) is 0 Å². The first-order valence-corrected chi connectivity index (χ1v) is 7.80. The van der Waals surface area contributed by atoms with E-state index < -0.39 is 0 Å². The summed E-state index contributed by atoms with van der Waals surface area (Å²) in [5.74, 6) is 0.630. The maximum absolute atomic E-state index is 12.1. The molecule has 2 aromatic rings. The number of hydrogen-bond acceptors (Lipinski definition) is 6. The van der Waals surface area contributed by atoms with Crippen LogP contribution in [-0.2, 0) is 4.79 Å². The van der Waals surface area contributed by atoms with E-state index in [9.17, 15) is 4.79 Å². The van der Waals surface area contributed by atoms with Crippen molar-refractivity contribution in [2.24, 2.45) is 0 Å². The van der Waals surface area contributed by atoms with Crippen molar-refractivity contribution >= 4 is 29.3 Å². The van der Waals surface area contributed by atoms with E-state index in [4.69, 9.17) is 17.3 Å². The fourth-order valence-electron chi connectivity index (χ4n) is 2.53. The lowest BCUT2D eigenvalue weighted by atomic mass is 10.1. The molecule has 1 aliphatic rings. The van der Waals surface area contributed by atoms with E-state index in [0.29, 0.717) is 17.5 Å². The van der Waals surface area contributed by atoms with E-state index in [2.05, 4.69) is 25.6 Å². The van der Waals surface area contributed by atoms with Crippen LogP contribution in [0.15, 0.2) is 24.5 Å². The molecule has 1 unspecified atom stereocenters. The number of pyridine rings is 1. The minimum absolute atomic E-state index is 0.0293. The standard InChI is InChI=1S/C15H17ClN6O/c16-12-7-9(4-6-18-12)10-8-20-15(17)22-13(10)21-11-3-1-2-5-19-14(11)23/h4,6-8,11H,1-3,5H2,(H,19,23)(H3,17,20,21,22). The summed E-state index contributed by atoms with van der Waals surface area (Å²) in [6.07, 6.45) is 5.91. The first-order valence-electron chi connectivity index (χ1n) is 7.42. The Labute approximate surface area is 138 Å². The maximum atomic E-state index is 12.1. The van der Waals surface area contributed by atoms with Crippen LogP contribution in [0.25, 0.3) is 11.1 Å². The molecule has 0 aliphatic carbocycles. The summed E-state index contributed by atoms with van der Waals surface area (Å²) in [6.45, 7) is 0.704. The van der Waals surface area contributed by atoms with Gasteiger partial charge in [-0.1, -0.05) is 11.6 Å². The zero-order chi connectivity index (χ0) is 16.2. The van der Waals surface area contributed by atoms with Gasteiger partial charge in [0.1, 0.15) is 17.0 Å². The van der Waals surface area contributed by atoms with Crippen molar-refractivity contribution in [3.8, 4) is 11.1 Å². The molecule has 8 heteroatoms. The number of nitrogens with one attached hydrogen (secondary N) is 2. The van der Waals surface area contributed by atoms with E-state index in [1.54, 1.807) is 24.5 Å². The zero-order valence-corrected chi connectivity index (χ0v) is 13.2. The van der Waals surface area contributed by atoms with E-state index in [1.165, 1.54) is 0 Å². The van der Waals surface area contributed by atoms with Crippen molar-refractivity contribution in [2.75, 3.05) is 17.6 Å². The maximum Gasteiger partial charge on any atom is 0.242 e. The van der Waals surface area contributed by atoms with Gasteiger partial charge >= 0.3 is 0 Å². The van der Waals surface area contributed by atoms with Crippen LogP contribution in [0.5, 0.6) is 0 Å². The van der Waals surface area contributed by atoms with Gasteiger partial charge in [-0.05, 0) is 37.0 Å². The van der Waals surface area contributed by atoms with Crippen LogP contribution < -0.4 is 16.4 Å². The summed E-state index contributed by atoms with van der Waals surface area (Å²) in [7, 11) is 0. The fraction of sp³-hybridized carbons (Fsp3) is 0.333. The van der Waals surface area contributed by atoms with Crippen LogP contribution in [0.4, 0.5) is 11.8 Å². The molecule has 1 fully saturated rings. The summed E-state index contributed by atoms with van der Waals surface area (Å²) < 4.78 is 0. The normalized spacial score (nSPS) is 18.1. The van der Waals surface area contributed by atoms with Crippen LogP contribution in [0.1, 0.15) is 19.3 Å². The van der Waals surface area contributed by atoms with Gasteiger partial charge in [0.25, 0.3) is 0 Å². The molecule has 23 heavy (non-hydrogen) atoms. The third-order valence-electron chi connectivity index (χ3n) is 3.69. The molecule has 120 valence electrons. The Balaban J connectivity index is 1.94. The molecule has 0 bridgehead atoms. The largest absolute Gasteiger partial charge is 0.368 e. The molecule has 7 nitrogen and oxygen atoms in total. The summed E-state index contributed by atoms with van der Waals surface area (Å²) in [5.41, 5.74) is 7.23. The van der Waals surface area contributed by atoms with E-state index in [-0.39, 0.29) is 17.9 Å². The second-order valence-electron chi connectivity index (χ2n) is 5.34. The molecule has 2 aromatic heterocycles. The van der Waals surface area contributed by atoms with Crippen LogP contribution in [0, 0.1) is 0 Å². The van der Waals surface area contributed by atoms with E-state index in [0.717, 1.165) is 30.4 Å². The van der Waals surface area contributed by atoms with Gasteiger partial charge in [-0.15, -0.1) is 0 Å². The summed E-state index contributed by atoms with van der Waals surface area (Å²) in [4.78, 5) is 24.4. The Kier molecular flexibility index (Phi) is 4.57. The van der Waals surface area contributed by atoms with Gasteiger partial charge in [-0.3, -0.25) is 4.79 Å². The molecule has 0 saturated carbocycles. The molecular formula is C15H17ClN6O. The average Bonchev–Trinajstić information content (AvgIpc) is 2.72. The third kappa shape index (κ3) is 3.68. The van der Waals surface area contributed by atoms with Gasteiger partial charge < -0.3 is 16.4 Å². The Morgan fingerprint density at radius 3 is 3.04 bits per heavy atom. The Bertz CT molecular complexity index is 723. The van der Waals surface area contributed by atoms with Gasteiger partial charge in [-0.25, -0.2) is 9.97 Å². The summed E-state index contributed by atoms with van der Waals surface area (Å²) in [5, 5.41) is 6.45. The Hall–Kier alpha value is -2.41. The highest BCUT2D eigenvalue weighted by atomic mass is 35.5. The summed E-state index contributed by atoms with van der Waals surface area (Å²) in [6, 6.07) is 3.18. The second kappa shape index (κ2) is 6.78. The number of rotatable bonds is 3. The number of nitrogens with zero attached hydrogens (tertiary/aromatic N) is 3. The molecule has 4 N–H and O–H groups in total. The number of amides is 1. The smallest absolute Gasteiger partial charge is 0.242 e. The van der Waals surface area contributed by atoms with Crippen LogP contribution in [0.2, 0.25) is 5.15 Å². The van der Waals surface area contributed by atoms with Gasteiger partial charge in [-0.2, -0.15) is 4.98 Å². The lowest BCUT2D eigenvalue weighted by molar-refractivity contribution is -0.121. The lowest BCUT2D eigenvalue weighted by Gasteiger charge is -2.18. The highest BCUT2D eigenvalue weighted by molar-refractivity contribution is 6.29. The topological polar surface area (TPSA) is 106 Å². The van der Waals surface area contributed by atoms with Gasteiger partial charge in [0, 0.05) is 24.5 Å². The Morgan fingerprint density at radius 1 is 1.35 bits per heavy atom. The second-order valence-corrected chi connectivity index (χ2v) is 5.73. The molecule has 0 spiro atoms. The van der Waals surface area contributed by atoms with Crippen LogP contribution in [0.3, 0.4) is 0 Å².